The van der Waals surface area contributed by atoms with Crippen molar-refractivity contribution in [2.75, 3.05) is 21.3 Å². The van der Waals surface area contributed by atoms with Crippen molar-refractivity contribution < 1.29 is 28.5 Å². The smallest absolute Gasteiger partial charge is 0.303 e. The quantitative estimate of drug-likeness (QED) is 0.250. The van der Waals surface area contributed by atoms with Crippen LogP contribution in [0.1, 0.15) is 13.3 Å². The number of methoxy groups -OCH3 is 3. The van der Waals surface area contributed by atoms with Crippen molar-refractivity contribution in [1.82, 2.24) is 0 Å². The van der Waals surface area contributed by atoms with Crippen LogP contribution in [0.3, 0.4) is 0 Å². The van der Waals surface area contributed by atoms with Crippen LogP contribution in [0.25, 0.3) is 0 Å². The van der Waals surface area contributed by atoms with E-state index in [2.05, 4.69) is 0 Å². The third-order valence-corrected chi connectivity index (χ3v) is 4.37. The van der Waals surface area contributed by atoms with Crippen LogP contribution in [-0.4, -0.2) is 54.8 Å². The molecule has 0 aliphatic carbocycles. The van der Waals surface area contributed by atoms with Crippen LogP contribution >= 0.6 is 0 Å². The minimum atomic E-state index is -1.04. The molecule has 0 spiro atoms. The first-order chi connectivity index (χ1) is 8.90. The lowest BCUT2D eigenvalue weighted by Crippen LogP contribution is -2.36. The van der Waals surface area contributed by atoms with Gasteiger partial charge in [0.15, 0.2) is 6.10 Å². The Morgan fingerprint density at radius 3 is 2.16 bits per heavy atom. The van der Waals surface area contributed by atoms with E-state index in [9.17, 15) is 9.59 Å². The van der Waals surface area contributed by atoms with E-state index < -0.39 is 33.5 Å². The Bertz CT molecular complexity index is 287. The van der Waals surface area contributed by atoms with Crippen LogP contribution in [0.2, 0.25) is 12.1 Å². The van der Waals surface area contributed by atoms with E-state index in [4.69, 9.17) is 24.7 Å². The molecule has 0 aromatic heterocycles. The van der Waals surface area contributed by atoms with Gasteiger partial charge in [-0.2, -0.15) is 0 Å². The molecule has 1 amide bonds. The summed E-state index contributed by atoms with van der Waals surface area (Å²) in [5.41, 5.74) is 5.00. The number of rotatable bonds is 10. The summed E-state index contributed by atoms with van der Waals surface area (Å²) in [6.45, 7) is 1.45. The first kappa shape index (κ1) is 18.0. The monoisotopic (exact) mass is 293 g/mol. The highest BCUT2D eigenvalue weighted by Gasteiger charge is 2.28. The summed E-state index contributed by atoms with van der Waals surface area (Å²) in [6, 6.07) is 1.13. The van der Waals surface area contributed by atoms with Gasteiger partial charge in [0, 0.05) is 43.3 Å². The van der Waals surface area contributed by atoms with E-state index >= 15 is 0 Å². The molecule has 7 nitrogen and oxygen atoms in total. The van der Waals surface area contributed by atoms with Crippen LogP contribution in [0.15, 0.2) is 0 Å². The minimum absolute atomic E-state index is 0.338. The first-order valence-corrected chi connectivity index (χ1v) is 8.05. The fourth-order valence-electron chi connectivity index (χ4n) is 1.48. The predicted molar refractivity (Wildman–Crippen MR) is 71.3 cm³/mol. The fourth-order valence-corrected chi connectivity index (χ4v) is 2.82. The number of ether oxygens (including phenoxy) is 4. The number of esters is 1. The van der Waals surface area contributed by atoms with Crippen molar-refractivity contribution in [3.05, 3.63) is 0 Å². The van der Waals surface area contributed by atoms with Gasteiger partial charge in [-0.05, 0) is 6.92 Å². The van der Waals surface area contributed by atoms with Gasteiger partial charge in [-0.1, -0.05) is 6.04 Å². The Hall–Kier alpha value is -0.963. The summed E-state index contributed by atoms with van der Waals surface area (Å²) >= 11 is 0. The Kier molecular flexibility index (Phi) is 8.57. The van der Waals surface area contributed by atoms with Gasteiger partial charge >= 0.3 is 5.97 Å². The lowest BCUT2D eigenvalue weighted by molar-refractivity contribution is -0.352. The molecular formula is C11H23NO6Si. The molecular weight excluding hydrogens is 270 g/mol. The van der Waals surface area contributed by atoms with Gasteiger partial charge in [-0.15, -0.1) is 0 Å². The molecule has 1 atom stereocenters. The normalized spacial score (nSPS) is 13.7. The number of primary amides is 1. The summed E-state index contributed by atoms with van der Waals surface area (Å²) in [5.74, 6) is -2.08. The molecule has 0 bridgehead atoms. The molecule has 2 N–H and O–H groups in total. The van der Waals surface area contributed by atoms with Crippen LogP contribution in [0.5, 0.6) is 0 Å². The maximum absolute atomic E-state index is 11.4. The van der Waals surface area contributed by atoms with Gasteiger partial charge in [0.25, 0.3) is 11.9 Å². The summed E-state index contributed by atoms with van der Waals surface area (Å²) in [7, 11) is 3.81. The number of hydrogen-bond donors (Lipinski definition) is 1. The van der Waals surface area contributed by atoms with Crippen molar-refractivity contribution in [1.29, 1.82) is 0 Å². The molecule has 0 aromatic carbocycles. The second-order valence-electron chi connectivity index (χ2n) is 4.04. The predicted octanol–water partition coefficient (Wildman–Crippen LogP) is -0.608. The van der Waals surface area contributed by atoms with E-state index in [1.54, 1.807) is 0 Å². The van der Waals surface area contributed by atoms with Crippen LogP contribution in [0.4, 0.5) is 0 Å². The lowest BCUT2D eigenvalue weighted by Gasteiger charge is -2.28. The highest BCUT2D eigenvalue weighted by molar-refractivity contribution is 6.40. The molecule has 0 aromatic rings. The number of hydrogen-bond acceptors (Lipinski definition) is 6. The standard InChI is InChI=1S/C11H23NO6Si/c1-8(10(12)14)18-9(13)7-19-6-5-11(15-2,16-3)17-4/h8H,5-7,19H2,1-4H3,(H2,12,14). The maximum Gasteiger partial charge on any atom is 0.303 e. The molecule has 0 aliphatic rings. The van der Waals surface area contributed by atoms with Gasteiger partial charge in [0.05, 0.1) is 0 Å². The third-order valence-electron chi connectivity index (χ3n) is 2.76. The second-order valence-corrected chi connectivity index (χ2v) is 5.95. The van der Waals surface area contributed by atoms with Gasteiger partial charge in [0.1, 0.15) is 0 Å². The Morgan fingerprint density at radius 1 is 1.21 bits per heavy atom. The van der Waals surface area contributed by atoms with Crippen LogP contribution < -0.4 is 5.73 Å². The molecule has 0 aliphatic heterocycles. The van der Waals surface area contributed by atoms with Crippen molar-refractivity contribution in [2.24, 2.45) is 5.73 Å². The molecule has 0 radical (unpaired) electrons. The van der Waals surface area contributed by atoms with Crippen LogP contribution in [-0.2, 0) is 28.5 Å². The molecule has 0 fully saturated rings. The SMILES string of the molecule is COC(CC[SiH2]CC(=O)OC(C)C(N)=O)(OC)OC. The van der Waals surface area contributed by atoms with Crippen LogP contribution in [0, 0.1) is 0 Å². The van der Waals surface area contributed by atoms with Gasteiger partial charge in [-0.3, -0.25) is 9.59 Å². The summed E-state index contributed by atoms with van der Waals surface area (Å²) < 4.78 is 20.3. The molecule has 19 heavy (non-hydrogen) atoms. The zero-order valence-corrected chi connectivity index (χ0v) is 13.3. The van der Waals surface area contributed by atoms with E-state index in [0.29, 0.717) is 12.5 Å². The number of amides is 1. The van der Waals surface area contributed by atoms with E-state index in [1.165, 1.54) is 28.3 Å². The maximum atomic E-state index is 11.4. The molecule has 112 valence electrons. The highest BCUT2D eigenvalue weighted by Crippen LogP contribution is 2.19. The summed E-state index contributed by atoms with van der Waals surface area (Å²) in [6.07, 6.45) is -0.334. The van der Waals surface area contributed by atoms with Crippen molar-refractivity contribution >= 4 is 21.4 Å². The molecule has 8 heteroatoms. The Labute approximate surface area is 115 Å². The lowest BCUT2D eigenvalue weighted by atomic mass is 10.4. The average Bonchev–Trinajstić information content (AvgIpc) is 2.39. The van der Waals surface area contributed by atoms with E-state index in [1.807, 2.05) is 0 Å². The van der Waals surface area contributed by atoms with Crippen molar-refractivity contribution in [2.45, 2.75) is 37.5 Å². The molecule has 0 heterocycles. The zero-order chi connectivity index (χ0) is 14.9. The Morgan fingerprint density at radius 2 is 1.74 bits per heavy atom. The van der Waals surface area contributed by atoms with Crippen molar-refractivity contribution in [3.63, 3.8) is 0 Å². The molecule has 1 unspecified atom stereocenters. The topological polar surface area (TPSA) is 97.1 Å². The van der Waals surface area contributed by atoms with Gasteiger partial charge < -0.3 is 24.7 Å². The van der Waals surface area contributed by atoms with Gasteiger partial charge in [-0.25, -0.2) is 0 Å². The third kappa shape index (κ3) is 6.67. The minimum Gasteiger partial charge on any atom is -0.453 e. The fraction of sp³-hybridized carbons (Fsp3) is 0.818. The molecule has 0 rings (SSSR count). The number of carbonyl (C=O) groups excluding carboxylic acids is 2. The van der Waals surface area contributed by atoms with Crippen molar-refractivity contribution in [3.8, 4) is 0 Å². The Balaban J connectivity index is 3.91. The van der Waals surface area contributed by atoms with E-state index in [0.717, 1.165) is 6.04 Å². The summed E-state index contributed by atoms with van der Waals surface area (Å²) in [5, 5.41) is 0. The number of carbonyl (C=O) groups is 2. The first-order valence-electron chi connectivity index (χ1n) is 6.05. The average molecular weight is 293 g/mol. The zero-order valence-electron chi connectivity index (χ0n) is 11.9. The largest absolute Gasteiger partial charge is 0.453 e. The number of nitrogens with two attached hydrogens (primary N) is 1. The summed E-state index contributed by atoms with van der Waals surface area (Å²) in [4.78, 5) is 22.1. The second kappa shape index (κ2) is 9.02. The van der Waals surface area contributed by atoms with Gasteiger partial charge in [0.2, 0.25) is 0 Å². The molecule has 0 saturated carbocycles. The molecule has 0 saturated heterocycles. The highest BCUT2D eigenvalue weighted by atomic mass is 28.2. The van der Waals surface area contributed by atoms with E-state index in [-0.39, 0.29) is 0 Å².